The molecule has 6 heteroatoms. The first-order valence-corrected chi connectivity index (χ1v) is 8.06. The van der Waals surface area contributed by atoms with Crippen molar-refractivity contribution in [3.05, 3.63) is 11.6 Å². The molecular weight excluding hydrogens is 266 g/mol. The Morgan fingerprint density at radius 2 is 2.24 bits per heavy atom. The number of rotatable bonds is 6. The molecule has 118 valence electrons. The molecule has 1 saturated heterocycles. The van der Waals surface area contributed by atoms with Gasteiger partial charge in [0.15, 0.2) is 0 Å². The molecule has 0 aromatic carbocycles. The number of nitrogens with zero attached hydrogens (tertiary/aromatic N) is 3. The van der Waals surface area contributed by atoms with Crippen LogP contribution in [-0.2, 0) is 0 Å². The molecule has 1 atom stereocenters. The Bertz CT molecular complexity index is 451. The van der Waals surface area contributed by atoms with Crippen LogP contribution in [0, 0.1) is 0 Å². The first-order valence-electron chi connectivity index (χ1n) is 8.06. The standard InChI is InChI=1S/C15H27N5O/c1-4-9-20(10-12-7-5-6-8-16-12)15(21)14-17-13(11(2)3)18-19-14/h11-12,16H,4-10H2,1-3H3,(H,17,18,19). The van der Waals surface area contributed by atoms with Crippen LogP contribution in [0.25, 0.3) is 0 Å². The maximum absolute atomic E-state index is 12.6. The zero-order chi connectivity index (χ0) is 15.2. The fourth-order valence-corrected chi connectivity index (χ4v) is 2.66. The van der Waals surface area contributed by atoms with E-state index >= 15 is 0 Å². The molecule has 1 aliphatic heterocycles. The van der Waals surface area contributed by atoms with Gasteiger partial charge in [-0.3, -0.25) is 9.89 Å². The lowest BCUT2D eigenvalue weighted by molar-refractivity contribution is 0.0720. The summed E-state index contributed by atoms with van der Waals surface area (Å²) in [6, 6.07) is 0.401. The van der Waals surface area contributed by atoms with E-state index < -0.39 is 0 Å². The average molecular weight is 293 g/mol. The van der Waals surface area contributed by atoms with Gasteiger partial charge < -0.3 is 10.2 Å². The van der Waals surface area contributed by atoms with Crippen molar-refractivity contribution in [2.45, 2.75) is 58.4 Å². The quantitative estimate of drug-likeness (QED) is 0.840. The van der Waals surface area contributed by atoms with Gasteiger partial charge in [0.1, 0.15) is 5.82 Å². The maximum atomic E-state index is 12.6. The van der Waals surface area contributed by atoms with Crippen LogP contribution in [0.15, 0.2) is 0 Å². The highest BCUT2D eigenvalue weighted by Gasteiger charge is 2.24. The fraction of sp³-hybridized carbons (Fsp3) is 0.800. The van der Waals surface area contributed by atoms with Gasteiger partial charge in [-0.05, 0) is 25.8 Å². The van der Waals surface area contributed by atoms with Gasteiger partial charge in [-0.25, -0.2) is 4.98 Å². The van der Waals surface area contributed by atoms with Gasteiger partial charge in [-0.2, -0.15) is 0 Å². The van der Waals surface area contributed by atoms with Gasteiger partial charge in [-0.1, -0.05) is 27.2 Å². The smallest absolute Gasteiger partial charge is 0.293 e. The van der Waals surface area contributed by atoms with E-state index in [1.807, 2.05) is 18.7 Å². The van der Waals surface area contributed by atoms with Gasteiger partial charge in [0.05, 0.1) is 0 Å². The van der Waals surface area contributed by atoms with Crippen LogP contribution in [0.1, 0.15) is 68.8 Å². The number of aromatic amines is 1. The van der Waals surface area contributed by atoms with Crippen LogP contribution in [0.4, 0.5) is 0 Å². The van der Waals surface area contributed by atoms with Crippen LogP contribution in [0.5, 0.6) is 0 Å². The molecule has 0 radical (unpaired) electrons. The number of piperidine rings is 1. The molecule has 1 aliphatic rings. The number of H-pyrrole nitrogens is 1. The summed E-state index contributed by atoms with van der Waals surface area (Å²) in [5.74, 6) is 1.25. The van der Waals surface area contributed by atoms with Gasteiger partial charge >= 0.3 is 0 Å². The Balaban J connectivity index is 2.02. The number of hydrogen-bond acceptors (Lipinski definition) is 4. The van der Waals surface area contributed by atoms with Crippen molar-refractivity contribution in [1.82, 2.24) is 25.4 Å². The molecule has 0 bridgehead atoms. The second kappa shape index (κ2) is 7.54. The molecule has 0 aliphatic carbocycles. The number of amides is 1. The number of hydrogen-bond donors (Lipinski definition) is 2. The summed E-state index contributed by atoms with van der Waals surface area (Å²) in [5.41, 5.74) is 0. The molecule has 6 nitrogen and oxygen atoms in total. The normalized spacial score (nSPS) is 19.0. The van der Waals surface area contributed by atoms with Crippen molar-refractivity contribution in [3.8, 4) is 0 Å². The van der Waals surface area contributed by atoms with Crippen LogP contribution in [0.2, 0.25) is 0 Å². The van der Waals surface area contributed by atoms with Crippen LogP contribution in [0.3, 0.4) is 0 Å². The summed E-state index contributed by atoms with van der Waals surface area (Å²) in [5, 5.41) is 10.4. The highest BCUT2D eigenvalue weighted by molar-refractivity contribution is 5.90. The predicted octanol–water partition coefficient (Wildman–Crippen LogP) is 1.92. The number of nitrogens with one attached hydrogen (secondary N) is 2. The van der Waals surface area contributed by atoms with E-state index in [0.717, 1.165) is 38.3 Å². The van der Waals surface area contributed by atoms with Crippen LogP contribution in [-0.4, -0.2) is 51.7 Å². The lowest BCUT2D eigenvalue weighted by Crippen LogP contribution is -2.46. The number of carbonyl (C=O) groups is 1. The highest BCUT2D eigenvalue weighted by atomic mass is 16.2. The SMILES string of the molecule is CCCN(CC1CCCCN1)C(=O)c1n[nH]c(C(C)C)n1. The molecule has 0 saturated carbocycles. The Kier molecular flexibility index (Phi) is 5.73. The van der Waals surface area contributed by atoms with E-state index in [1.54, 1.807) is 0 Å². The van der Waals surface area contributed by atoms with Gasteiger partial charge in [0.2, 0.25) is 5.82 Å². The number of carbonyl (C=O) groups excluding carboxylic acids is 1. The summed E-state index contributed by atoms with van der Waals surface area (Å²) in [7, 11) is 0. The van der Waals surface area contributed by atoms with E-state index in [2.05, 4.69) is 27.4 Å². The van der Waals surface area contributed by atoms with E-state index in [9.17, 15) is 4.79 Å². The maximum Gasteiger partial charge on any atom is 0.293 e. The minimum atomic E-state index is -0.0626. The van der Waals surface area contributed by atoms with E-state index in [-0.39, 0.29) is 11.8 Å². The summed E-state index contributed by atoms with van der Waals surface area (Å²) in [4.78, 5) is 18.8. The van der Waals surface area contributed by atoms with Gasteiger partial charge in [-0.15, -0.1) is 5.10 Å². The molecule has 2 rings (SSSR count). The number of aromatic nitrogens is 3. The Hall–Kier alpha value is -1.43. The molecule has 1 aromatic rings. The third kappa shape index (κ3) is 4.27. The molecule has 21 heavy (non-hydrogen) atoms. The fourth-order valence-electron chi connectivity index (χ4n) is 2.66. The van der Waals surface area contributed by atoms with Crippen molar-refractivity contribution < 1.29 is 4.79 Å². The second-order valence-electron chi connectivity index (χ2n) is 6.10. The summed E-state index contributed by atoms with van der Waals surface area (Å²) < 4.78 is 0. The molecule has 1 fully saturated rings. The molecule has 2 heterocycles. The topological polar surface area (TPSA) is 73.9 Å². The molecular formula is C15H27N5O. The van der Waals surface area contributed by atoms with Gasteiger partial charge in [0.25, 0.3) is 5.91 Å². The minimum Gasteiger partial charge on any atom is -0.334 e. The molecule has 1 aromatic heterocycles. The van der Waals surface area contributed by atoms with Crippen molar-refractivity contribution in [2.24, 2.45) is 0 Å². The first-order chi connectivity index (χ1) is 10.1. The first kappa shape index (κ1) is 15.9. The van der Waals surface area contributed by atoms with E-state index in [0.29, 0.717) is 11.9 Å². The summed E-state index contributed by atoms with van der Waals surface area (Å²) >= 11 is 0. The van der Waals surface area contributed by atoms with Crippen LogP contribution >= 0.6 is 0 Å². The monoisotopic (exact) mass is 293 g/mol. The average Bonchev–Trinajstić information content (AvgIpc) is 2.97. The largest absolute Gasteiger partial charge is 0.334 e. The molecule has 1 unspecified atom stereocenters. The molecule has 2 N–H and O–H groups in total. The highest BCUT2D eigenvalue weighted by Crippen LogP contribution is 2.12. The van der Waals surface area contributed by atoms with E-state index in [4.69, 9.17) is 0 Å². The predicted molar refractivity (Wildman–Crippen MR) is 82.3 cm³/mol. The zero-order valence-corrected chi connectivity index (χ0v) is 13.4. The lowest BCUT2D eigenvalue weighted by Gasteiger charge is -2.29. The third-order valence-electron chi connectivity index (χ3n) is 3.87. The summed E-state index contributed by atoms with van der Waals surface area (Å²) in [6.45, 7) is 8.71. The second-order valence-corrected chi connectivity index (χ2v) is 6.10. The zero-order valence-electron chi connectivity index (χ0n) is 13.4. The Morgan fingerprint density at radius 3 is 2.81 bits per heavy atom. The molecule has 1 amide bonds. The van der Waals surface area contributed by atoms with Crippen molar-refractivity contribution in [1.29, 1.82) is 0 Å². The molecule has 0 spiro atoms. The van der Waals surface area contributed by atoms with Crippen molar-refractivity contribution >= 4 is 5.91 Å². The van der Waals surface area contributed by atoms with Crippen LogP contribution < -0.4 is 5.32 Å². The third-order valence-corrected chi connectivity index (χ3v) is 3.87. The summed E-state index contributed by atoms with van der Waals surface area (Å²) in [6.07, 6.45) is 4.56. The van der Waals surface area contributed by atoms with E-state index in [1.165, 1.54) is 12.8 Å². The van der Waals surface area contributed by atoms with Crippen molar-refractivity contribution in [3.63, 3.8) is 0 Å². The minimum absolute atomic E-state index is 0.0626. The van der Waals surface area contributed by atoms with Crippen molar-refractivity contribution in [2.75, 3.05) is 19.6 Å². The Labute approximate surface area is 126 Å². The lowest BCUT2D eigenvalue weighted by atomic mass is 10.0. The Morgan fingerprint density at radius 1 is 1.43 bits per heavy atom. The van der Waals surface area contributed by atoms with Gasteiger partial charge in [0, 0.05) is 25.0 Å².